The predicted molar refractivity (Wildman–Crippen MR) is 89.9 cm³/mol. The van der Waals surface area contributed by atoms with E-state index in [1.807, 2.05) is 18.2 Å². The molecule has 0 atom stereocenters. The Morgan fingerprint density at radius 3 is 2.83 bits per heavy atom. The number of nitro groups is 1. The van der Waals surface area contributed by atoms with E-state index in [4.69, 9.17) is 4.74 Å². The minimum atomic E-state index is -0.614. The van der Waals surface area contributed by atoms with Gasteiger partial charge in [-0.05, 0) is 35.9 Å². The first-order valence-electron chi connectivity index (χ1n) is 6.67. The number of phenolic OH excluding ortho intramolecular Hbond substituents is 1. The second-order valence-corrected chi connectivity index (χ2v) is 5.79. The first kappa shape index (κ1) is 15.0. The van der Waals surface area contributed by atoms with Crippen LogP contribution in [0, 0.1) is 10.1 Å². The highest BCUT2D eigenvalue weighted by Crippen LogP contribution is 2.29. The van der Waals surface area contributed by atoms with Gasteiger partial charge in [-0.25, -0.2) is 4.98 Å². The number of nitro benzene ring substituents is 1. The zero-order valence-electron chi connectivity index (χ0n) is 12.1. The van der Waals surface area contributed by atoms with Crippen molar-refractivity contribution in [2.24, 2.45) is 0 Å². The highest BCUT2D eigenvalue weighted by Gasteiger charge is 2.12. The van der Waals surface area contributed by atoms with Crippen LogP contribution in [0.15, 0.2) is 36.4 Å². The van der Waals surface area contributed by atoms with Crippen molar-refractivity contribution >= 4 is 39.4 Å². The Morgan fingerprint density at radius 1 is 1.26 bits per heavy atom. The first-order valence-corrected chi connectivity index (χ1v) is 7.48. The third kappa shape index (κ3) is 3.14. The lowest BCUT2D eigenvalue weighted by molar-refractivity contribution is -0.385. The maximum atomic E-state index is 10.8. The zero-order valence-corrected chi connectivity index (χ0v) is 12.9. The summed E-state index contributed by atoms with van der Waals surface area (Å²) in [6.45, 7) is 0. The van der Waals surface area contributed by atoms with Crippen LogP contribution in [0.2, 0.25) is 0 Å². The summed E-state index contributed by atoms with van der Waals surface area (Å²) < 4.78 is 6.18. The molecule has 0 aliphatic rings. The SMILES string of the molecule is COc1ccc2nc(C=Cc3ccc(O)c([N+](=O)[O-])c3)sc2c1. The Balaban J connectivity index is 1.90. The van der Waals surface area contributed by atoms with E-state index < -0.39 is 4.92 Å². The van der Waals surface area contributed by atoms with Gasteiger partial charge < -0.3 is 9.84 Å². The standard InChI is InChI=1S/C16H12N2O4S/c1-22-11-4-5-12-15(9-11)23-16(17-12)7-3-10-2-6-14(19)13(8-10)18(20)21/h2-9,19H,1H3. The molecule has 6 nitrogen and oxygen atoms in total. The Kier molecular flexibility index (Phi) is 3.94. The molecule has 0 fully saturated rings. The molecular weight excluding hydrogens is 316 g/mol. The summed E-state index contributed by atoms with van der Waals surface area (Å²) in [5, 5.41) is 21.1. The third-order valence-corrected chi connectivity index (χ3v) is 4.21. The molecule has 116 valence electrons. The number of rotatable bonds is 4. The van der Waals surface area contributed by atoms with Gasteiger partial charge in [0.1, 0.15) is 10.8 Å². The summed E-state index contributed by atoms with van der Waals surface area (Å²) in [7, 11) is 1.61. The smallest absolute Gasteiger partial charge is 0.311 e. The normalized spacial score (nSPS) is 11.2. The molecule has 1 heterocycles. The molecule has 3 aromatic rings. The molecule has 0 spiro atoms. The Bertz CT molecular complexity index is 918. The number of phenols is 1. The maximum Gasteiger partial charge on any atom is 0.311 e. The summed E-state index contributed by atoms with van der Waals surface area (Å²) in [6, 6.07) is 9.88. The fourth-order valence-electron chi connectivity index (χ4n) is 2.08. The minimum absolute atomic E-state index is 0.318. The van der Waals surface area contributed by atoms with Gasteiger partial charge in [-0.1, -0.05) is 12.1 Å². The van der Waals surface area contributed by atoms with Crippen LogP contribution in [0.4, 0.5) is 5.69 Å². The number of nitrogens with zero attached hydrogens (tertiary/aromatic N) is 2. The number of aromatic nitrogens is 1. The third-order valence-electron chi connectivity index (χ3n) is 3.23. The average molecular weight is 328 g/mol. The van der Waals surface area contributed by atoms with Crippen molar-refractivity contribution in [3.8, 4) is 11.5 Å². The second kappa shape index (κ2) is 6.05. The monoisotopic (exact) mass is 328 g/mol. The molecule has 0 unspecified atom stereocenters. The number of ether oxygens (including phenoxy) is 1. The van der Waals surface area contributed by atoms with Crippen molar-refractivity contribution < 1.29 is 14.8 Å². The number of thiazole rings is 1. The van der Waals surface area contributed by atoms with Gasteiger partial charge in [-0.15, -0.1) is 11.3 Å². The van der Waals surface area contributed by atoms with E-state index in [1.54, 1.807) is 25.3 Å². The van der Waals surface area contributed by atoms with E-state index in [2.05, 4.69) is 4.98 Å². The quantitative estimate of drug-likeness (QED) is 0.576. The summed E-state index contributed by atoms with van der Waals surface area (Å²) in [4.78, 5) is 14.7. The van der Waals surface area contributed by atoms with Gasteiger partial charge in [-0.3, -0.25) is 10.1 Å². The van der Waals surface area contributed by atoms with Crippen molar-refractivity contribution in [1.29, 1.82) is 0 Å². The van der Waals surface area contributed by atoms with Gasteiger partial charge in [0, 0.05) is 6.07 Å². The Labute approximate surface area is 135 Å². The molecule has 0 bridgehead atoms. The van der Waals surface area contributed by atoms with Crippen molar-refractivity contribution in [1.82, 2.24) is 4.98 Å². The van der Waals surface area contributed by atoms with Gasteiger partial charge in [0.2, 0.25) is 0 Å². The largest absolute Gasteiger partial charge is 0.502 e. The lowest BCUT2D eigenvalue weighted by atomic mass is 10.2. The van der Waals surface area contributed by atoms with Crippen LogP contribution in [-0.2, 0) is 0 Å². The van der Waals surface area contributed by atoms with Crippen molar-refractivity contribution in [3.05, 3.63) is 57.1 Å². The first-order chi connectivity index (χ1) is 11.1. The summed E-state index contributed by atoms with van der Waals surface area (Å²) in [5.41, 5.74) is 1.17. The van der Waals surface area contributed by atoms with Crippen LogP contribution in [-0.4, -0.2) is 22.1 Å². The topological polar surface area (TPSA) is 85.5 Å². The van der Waals surface area contributed by atoms with Gasteiger partial charge in [0.05, 0.1) is 22.2 Å². The molecule has 0 aliphatic carbocycles. The van der Waals surface area contributed by atoms with E-state index in [9.17, 15) is 15.2 Å². The molecule has 0 aliphatic heterocycles. The summed E-state index contributed by atoms with van der Waals surface area (Å²) >= 11 is 1.50. The van der Waals surface area contributed by atoms with Crippen LogP contribution in [0.1, 0.15) is 10.6 Å². The van der Waals surface area contributed by atoms with E-state index in [0.29, 0.717) is 5.56 Å². The highest BCUT2D eigenvalue weighted by atomic mass is 32.1. The van der Waals surface area contributed by atoms with Gasteiger partial charge in [-0.2, -0.15) is 0 Å². The molecule has 1 N–H and O–H groups in total. The second-order valence-electron chi connectivity index (χ2n) is 4.72. The van der Waals surface area contributed by atoms with Gasteiger partial charge >= 0.3 is 5.69 Å². The van der Waals surface area contributed by atoms with Crippen LogP contribution in [0.25, 0.3) is 22.4 Å². The number of aromatic hydroxyl groups is 1. The lowest BCUT2D eigenvalue weighted by Crippen LogP contribution is -1.88. The number of fused-ring (bicyclic) bond motifs is 1. The molecule has 0 saturated heterocycles. The molecule has 2 aromatic carbocycles. The van der Waals surface area contributed by atoms with Crippen LogP contribution < -0.4 is 4.74 Å². The highest BCUT2D eigenvalue weighted by molar-refractivity contribution is 7.19. The molecule has 0 saturated carbocycles. The molecule has 0 amide bonds. The van der Waals surface area contributed by atoms with E-state index in [1.165, 1.54) is 23.5 Å². The minimum Gasteiger partial charge on any atom is -0.502 e. The number of methoxy groups -OCH3 is 1. The maximum absolute atomic E-state index is 10.8. The molecule has 3 rings (SSSR count). The lowest BCUT2D eigenvalue weighted by Gasteiger charge is -1.97. The molecule has 0 radical (unpaired) electrons. The number of benzene rings is 2. The van der Waals surface area contributed by atoms with E-state index in [-0.39, 0.29) is 11.4 Å². The molecule has 23 heavy (non-hydrogen) atoms. The fraction of sp³-hybridized carbons (Fsp3) is 0.0625. The molecule has 1 aromatic heterocycles. The number of hydrogen-bond donors (Lipinski definition) is 1. The number of hydrogen-bond acceptors (Lipinski definition) is 6. The Hall–Kier alpha value is -2.93. The van der Waals surface area contributed by atoms with Crippen LogP contribution >= 0.6 is 11.3 Å². The van der Waals surface area contributed by atoms with Crippen LogP contribution in [0.3, 0.4) is 0 Å². The van der Waals surface area contributed by atoms with Gasteiger partial charge in [0.15, 0.2) is 5.75 Å². The summed E-state index contributed by atoms with van der Waals surface area (Å²) in [6.07, 6.45) is 3.51. The molecular formula is C16H12N2O4S. The van der Waals surface area contributed by atoms with Crippen LogP contribution in [0.5, 0.6) is 11.5 Å². The van der Waals surface area contributed by atoms with Crippen molar-refractivity contribution in [3.63, 3.8) is 0 Å². The fourth-order valence-corrected chi connectivity index (χ4v) is 2.98. The Morgan fingerprint density at radius 2 is 2.09 bits per heavy atom. The van der Waals surface area contributed by atoms with E-state index in [0.717, 1.165) is 21.0 Å². The van der Waals surface area contributed by atoms with E-state index >= 15 is 0 Å². The molecule has 7 heteroatoms. The zero-order chi connectivity index (χ0) is 16.4. The predicted octanol–water partition coefficient (Wildman–Crippen LogP) is 4.09. The average Bonchev–Trinajstić information content (AvgIpc) is 2.95. The van der Waals surface area contributed by atoms with Crippen molar-refractivity contribution in [2.45, 2.75) is 0 Å². The summed E-state index contributed by atoms with van der Waals surface area (Å²) in [5.74, 6) is 0.421. The van der Waals surface area contributed by atoms with Gasteiger partial charge in [0.25, 0.3) is 0 Å². The van der Waals surface area contributed by atoms with Crippen molar-refractivity contribution in [2.75, 3.05) is 7.11 Å².